The van der Waals surface area contributed by atoms with Gasteiger partial charge in [0.2, 0.25) is 0 Å². The lowest BCUT2D eigenvalue weighted by atomic mass is 10.2. The molecule has 0 rings (SSSR count). The third-order valence-corrected chi connectivity index (χ3v) is 1.58. The van der Waals surface area contributed by atoms with Crippen molar-refractivity contribution in [3.8, 4) is 0 Å². The molecule has 0 unspecified atom stereocenters. The summed E-state index contributed by atoms with van der Waals surface area (Å²) in [4.78, 5) is 21.4. The van der Waals surface area contributed by atoms with Gasteiger partial charge in [0.25, 0.3) is 0 Å². The number of carbonyl (C=O) groups is 2. The Bertz CT molecular complexity index is 284. The van der Waals surface area contributed by atoms with Crippen LogP contribution >= 0.6 is 0 Å². The molecule has 6 heteroatoms. The second-order valence-electron chi connectivity index (χ2n) is 2.96. The number of rotatable bonds is 10. The van der Waals surface area contributed by atoms with Gasteiger partial charge in [-0.3, -0.25) is 4.79 Å². The summed E-state index contributed by atoms with van der Waals surface area (Å²) < 4.78 is 14.6. The summed E-state index contributed by atoms with van der Waals surface area (Å²) in [5.74, 6) is -1.84. The van der Waals surface area contributed by atoms with Crippen molar-refractivity contribution in [2.24, 2.45) is 0 Å². The van der Waals surface area contributed by atoms with Gasteiger partial charge in [-0.25, -0.2) is 4.79 Å². The summed E-state index contributed by atoms with van der Waals surface area (Å²) in [5.41, 5.74) is -0.0903. The van der Waals surface area contributed by atoms with Crippen LogP contribution in [-0.4, -0.2) is 43.5 Å². The van der Waals surface area contributed by atoms with E-state index in [2.05, 4.69) is 13.2 Å². The van der Waals surface area contributed by atoms with Gasteiger partial charge in [-0.1, -0.05) is 13.2 Å². The number of aliphatic carboxylic acids is 1. The van der Waals surface area contributed by atoms with Crippen LogP contribution in [0.1, 0.15) is 6.42 Å². The largest absolute Gasteiger partial charge is 0.499 e. The second-order valence-corrected chi connectivity index (χ2v) is 2.96. The number of ether oxygens (including phenoxy) is 3. The summed E-state index contributed by atoms with van der Waals surface area (Å²) in [6, 6.07) is 0. The monoisotopic (exact) mass is 244 g/mol. The first-order valence-electron chi connectivity index (χ1n) is 4.95. The highest BCUT2D eigenvalue weighted by molar-refractivity contribution is 5.92. The van der Waals surface area contributed by atoms with Crippen molar-refractivity contribution in [2.45, 2.75) is 6.42 Å². The molecule has 0 aromatic heterocycles. The molecule has 1 N–H and O–H groups in total. The molecule has 0 saturated carbocycles. The Labute approximate surface area is 99.5 Å². The molecule has 17 heavy (non-hydrogen) atoms. The zero-order chi connectivity index (χ0) is 13.1. The molecule has 6 nitrogen and oxygen atoms in total. The molecular formula is C11H16O6. The summed E-state index contributed by atoms with van der Waals surface area (Å²) >= 11 is 0. The number of carboxylic acid groups (broad SMARTS) is 1. The van der Waals surface area contributed by atoms with E-state index in [4.69, 9.17) is 19.3 Å². The Kier molecular flexibility index (Phi) is 8.40. The minimum atomic E-state index is -1.12. The molecule has 96 valence electrons. The Balaban J connectivity index is 3.48. The summed E-state index contributed by atoms with van der Waals surface area (Å²) in [6.45, 7) is 7.66. The lowest BCUT2D eigenvalue weighted by molar-refractivity contribution is -0.143. The molecular weight excluding hydrogens is 228 g/mol. The van der Waals surface area contributed by atoms with E-state index < -0.39 is 18.4 Å². The summed E-state index contributed by atoms with van der Waals surface area (Å²) in [7, 11) is 0. The smallest absolute Gasteiger partial charge is 0.334 e. The van der Waals surface area contributed by atoms with Crippen LogP contribution in [0.5, 0.6) is 0 Å². The topological polar surface area (TPSA) is 82.1 Å². The van der Waals surface area contributed by atoms with Gasteiger partial charge in [0.05, 0.1) is 25.9 Å². The molecule has 0 aliphatic heterocycles. The predicted molar refractivity (Wildman–Crippen MR) is 59.3 cm³/mol. The molecule has 0 aromatic rings. The van der Waals surface area contributed by atoms with Crippen LogP contribution < -0.4 is 0 Å². The number of esters is 1. The molecule has 0 saturated heterocycles. The highest BCUT2D eigenvalue weighted by Gasteiger charge is 2.11. The highest BCUT2D eigenvalue weighted by Crippen LogP contribution is 2.00. The zero-order valence-electron chi connectivity index (χ0n) is 9.52. The number of carbonyl (C=O) groups excluding carboxylic acids is 1. The average Bonchev–Trinajstić information content (AvgIpc) is 2.26. The van der Waals surface area contributed by atoms with Crippen LogP contribution in [0.4, 0.5) is 0 Å². The van der Waals surface area contributed by atoms with Gasteiger partial charge in [-0.2, -0.15) is 0 Å². The normalized spacial score (nSPS) is 9.41. The Morgan fingerprint density at radius 2 is 1.82 bits per heavy atom. The highest BCUT2D eigenvalue weighted by atomic mass is 16.6. The fourth-order valence-electron chi connectivity index (χ4n) is 0.842. The van der Waals surface area contributed by atoms with Gasteiger partial charge in [0, 0.05) is 5.57 Å². The maximum Gasteiger partial charge on any atom is 0.334 e. The molecule has 0 aromatic carbocycles. The van der Waals surface area contributed by atoms with E-state index in [1.54, 1.807) is 0 Å². The quantitative estimate of drug-likeness (QED) is 0.264. The third kappa shape index (κ3) is 9.13. The minimum absolute atomic E-state index is 0.0472. The van der Waals surface area contributed by atoms with Crippen LogP contribution in [-0.2, 0) is 23.8 Å². The zero-order valence-corrected chi connectivity index (χ0v) is 9.52. The van der Waals surface area contributed by atoms with Gasteiger partial charge < -0.3 is 19.3 Å². The first kappa shape index (κ1) is 15.2. The molecule has 0 aliphatic carbocycles. The van der Waals surface area contributed by atoms with Crippen molar-refractivity contribution in [2.75, 3.05) is 26.4 Å². The van der Waals surface area contributed by atoms with E-state index in [1.807, 2.05) is 0 Å². The molecule has 0 aliphatic rings. The molecule has 0 radical (unpaired) electrons. The van der Waals surface area contributed by atoms with Crippen LogP contribution in [0.15, 0.2) is 25.0 Å². The first-order valence-corrected chi connectivity index (χ1v) is 4.95. The SMILES string of the molecule is C=COCCOCCOC(=O)C(=C)CC(=O)O. The van der Waals surface area contributed by atoms with Crippen molar-refractivity contribution >= 4 is 11.9 Å². The fraction of sp³-hybridized carbons (Fsp3) is 0.455. The van der Waals surface area contributed by atoms with E-state index in [-0.39, 0.29) is 18.8 Å². The van der Waals surface area contributed by atoms with E-state index in [0.29, 0.717) is 13.2 Å². The van der Waals surface area contributed by atoms with E-state index >= 15 is 0 Å². The van der Waals surface area contributed by atoms with E-state index in [0.717, 1.165) is 0 Å². The van der Waals surface area contributed by atoms with Gasteiger partial charge in [0.15, 0.2) is 0 Å². The van der Waals surface area contributed by atoms with Crippen molar-refractivity contribution in [1.82, 2.24) is 0 Å². The van der Waals surface area contributed by atoms with Crippen LogP contribution in [0.3, 0.4) is 0 Å². The van der Waals surface area contributed by atoms with Crippen molar-refractivity contribution in [3.63, 3.8) is 0 Å². The lowest BCUT2D eigenvalue weighted by Crippen LogP contribution is -2.15. The van der Waals surface area contributed by atoms with Crippen molar-refractivity contribution < 1.29 is 28.9 Å². The molecule has 0 amide bonds. The van der Waals surface area contributed by atoms with Crippen LogP contribution in [0.2, 0.25) is 0 Å². The predicted octanol–water partition coefficient (Wildman–Crippen LogP) is 0.737. The molecule has 0 heterocycles. The van der Waals surface area contributed by atoms with E-state index in [1.165, 1.54) is 6.26 Å². The van der Waals surface area contributed by atoms with Gasteiger partial charge in [-0.05, 0) is 0 Å². The molecule has 0 atom stereocenters. The summed E-state index contributed by atoms with van der Waals surface area (Å²) in [5, 5.41) is 8.41. The lowest BCUT2D eigenvalue weighted by Gasteiger charge is -2.06. The molecule has 0 spiro atoms. The van der Waals surface area contributed by atoms with Crippen LogP contribution in [0, 0.1) is 0 Å². The standard InChI is InChI=1S/C11H16O6/c1-3-15-4-5-16-6-7-17-11(14)9(2)8-10(12)13/h3H,1-2,4-8H2,(H,12,13). The fourth-order valence-corrected chi connectivity index (χ4v) is 0.842. The Hall–Kier alpha value is -1.82. The van der Waals surface area contributed by atoms with E-state index in [9.17, 15) is 9.59 Å². The third-order valence-electron chi connectivity index (χ3n) is 1.58. The minimum Gasteiger partial charge on any atom is -0.499 e. The maximum absolute atomic E-state index is 11.1. The second kappa shape index (κ2) is 9.41. The number of carboxylic acids is 1. The Morgan fingerprint density at radius 1 is 1.18 bits per heavy atom. The first-order chi connectivity index (χ1) is 8.07. The van der Waals surface area contributed by atoms with Crippen LogP contribution in [0.25, 0.3) is 0 Å². The molecule has 0 bridgehead atoms. The maximum atomic E-state index is 11.1. The number of hydrogen-bond donors (Lipinski definition) is 1. The van der Waals surface area contributed by atoms with Crippen molar-refractivity contribution in [3.05, 3.63) is 25.0 Å². The average molecular weight is 244 g/mol. The van der Waals surface area contributed by atoms with Gasteiger partial charge in [0.1, 0.15) is 13.2 Å². The van der Waals surface area contributed by atoms with Gasteiger partial charge >= 0.3 is 11.9 Å². The summed E-state index contributed by atoms with van der Waals surface area (Å²) in [6.07, 6.45) is 0.881. The Morgan fingerprint density at radius 3 is 2.41 bits per heavy atom. The number of hydrogen-bond acceptors (Lipinski definition) is 5. The van der Waals surface area contributed by atoms with Gasteiger partial charge in [-0.15, -0.1) is 0 Å². The molecule has 0 fully saturated rings. The van der Waals surface area contributed by atoms with Crippen molar-refractivity contribution in [1.29, 1.82) is 0 Å².